The maximum absolute atomic E-state index is 11.3. The Morgan fingerprint density at radius 3 is 2.81 bits per heavy atom. The van der Waals surface area contributed by atoms with Crippen LogP contribution < -0.4 is 4.90 Å². The largest absolute Gasteiger partial charge is 0.350 e. The molecule has 27 heavy (non-hydrogen) atoms. The normalized spacial score (nSPS) is 14.4. The van der Waals surface area contributed by atoms with Gasteiger partial charge in [0.1, 0.15) is 0 Å². The predicted octanol–water partition coefficient (Wildman–Crippen LogP) is 4.43. The maximum Gasteiger partial charge on any atom is 0.311 e. The second-order valence-corrected chi connectivity index (χ2v) is 7.47. The lowest BCUT2D eigenvalue weighted by Crippen LogP contribution is -2.32. The number of anilines is 1. The highest BCUT2D eigenvalue weighted by Crippen LogP contribution is 2.30. The van der Waals surface area contributed by atoms with Gasteiger partial charge < -0.3 is 4.90 Å². The van der Waals surface area contributed by atoms with E-state index in [1.807, 2.05) is 23.3 Å². The number of thiophene rings is 1. The molecule has 8 heteroatoms. The molecule has 1 aliphatic heterocycles. The lowest BCUT2D eigenvalue weighted by atomic mass is 10.0. The van der Waals surface area contributed by atoms with E-state index in [2.05, 4.69) is 33.4 Å². The molecule has 7 nitrogen and oxygen atoms in total. The fourth-order valence-electron chi connectivity index (χ4n) is 3.24. The lowest BCUT2D eigenvalue weighted by Gasteiger charge is -2.29. The Morgan fingerprint density at radius 2 is 2.11 bits per heavy atom. The SMILES string of the molecule is Cc1ccc([N+](=O)[O-])c(N2CCC(=Cc3cc(-c4cccs4)[nH]n3)CC2)n1. The lowest BCUT2D eigenvalue weighted by molar-refractivity contribution is -0.384. The molecule has 0 spiro atoms. The smallest absolute Gasteiger partial charge is 0.311 e. The monoisotopic (exact) mass is 381 g/mol. The van der Waals surface area contributed by atoms with Gasteiger partial charge in [-0.25, -0.2) is 4.98 Å². The minimum absolute atomic E-state index is 0.0703. The summed E-state index contributed by atoms with van der Waals surface area (Å²) in [6.45, 7) is 3.28. The topological polar surface area (TPSA) is 88.0 Å². The molecule has 0 aliphatic carbocycles. The van der Waals surface area contributed by atoms with Crippen LogP contribution in [0.4, 0.5) is 11.5 Å². The van der Waals surface area contributed by atoms with E-state index in [1.54, 1.807) is 23.5 Å². The van der Waals surface area contributed by atoms with Crippen LogP contribution in [-0.2, 0) is 0 Å². The minimum atomic E-state index is -0.358. The van der Waals surface area contributed by atoms with E-state index in [0.29, 0.717) is 18.9 Å². The van der Waals surface area contributed by atoms with Crippen molar-refractivity contribution < 1.29 is 4.92 Å². The van der Waals surface area contributed by atoms with Crippen molar-refractivity contribution in [2.24, 2.45) is 0 Å². The van der Waals surface area contributed by atoms with Gasteiger partial charge in [0.2, 0.25) is 5.82 Å². The summed E-state index contributed by atoms with van der Waals surface area (Å²) in [6.07, 6.45) is 3.80. The summed E-state index contributed by atoms with van der Waals surface area (Å²) in [5.41, 5.74) is 4.09. The summed E-state index contributed by atoms with van der Waals surface area (Å²) in [6, 6.07) is 9.36. The Labute approximate surface area is 160 Å². The van der Waals surface area contributed by atoms with Gasteiger partial charge in [-0.2, -0.15) is 5.10 Å². The highest BCUT2D eigenvalue weighted by atomic mass is 32.1. The molecular formula is C19H19N5O2S. The van der Waals surface area contributed by atoms with Gasteiger partial charge in [-0.15, -0.1) is 11.3 Å². The zero-order valence-electron chi connectivity index (χ0n) is 14.9. The zero-order chi connectivity index (χ0) is 18.8. The number of nitrogens with zero attached hydrogens (tertiary/aromatic N) is 4. The van der Waals surface area contributed by atoms with Crippen molar-refractivity contribution in [2.45, 2.75) is 19.8 Å². The van der Waals surface area contributed by atoms with Gasteiger partial charge in [0, 0.05) is 24.8 Å². The highest BCUT2D eigenvalue weighted by Gasteiger charge is 2.24. The Hall–Kier alpha value is -3.00. The molecule has 1 N–H and O–H groups in total. The molecule has 4 rings (SSSR count). The fraction of sp³-hybridized carbons (Fsp3) is 0.263. The average molecular weight is 381 g/mol. The van der Waals surface area contributed by atoms with Gasteiger partial charge in [-0.05, 0) is 49.4 Å². The second-order valence-electron chi connectivity index (χ2n) is 6.53. The number of nitro groups is 1. The molecule has 1 fully saturated rings. The molecule has 3 aromatic rings. The Kier molecular flexibility index (Phi) is 4.72. The van der Waals surface area contributed by atoms with Crippen LogP contribution in [0.2, 0.25) is 0 Å². The number of hydrogen-bond donors (Lipinski definition) is 1. The number of pyridine rings is 1. The second kappa shape index (κ2) is 7.32. The molecule has 0 unspecified atom stereocenters. The van der Waals surface area contributed by atoms with Gasteiger partial charge in [0.25, 0.3) is 0 Å². The van der Waals surface area contributed by atoms with Crippen LogP contribution in [0.5, 0.6) is 0 Å². The summed E-state index contributed by atoms with van der Waals surface area (Å²) in [7, 11) is 0. The van der Waals surface area contributed by atoms with Crippen molar-refractivity contribution in [3.05, 3.63) is 62.8 Å². The molecule has 0 bridgehead atoms. The Bertz CT molecular complexity index is 983. The highest BCUT2D eigenvalue weighted by molar-refractivity contribution is 7.13. The first kappa shape index (κ1) is 17.4. The number of hydrogen-bond acceptors (Lipinski definition) is 6. The fourth-order valence-corrected chi connectivity index (χ4v) is 3.93. The van der Waals surface area contributed by atoms with Crippen LogP contribution in [0, 0.1) is 17.0 Å². The Balaban J connectivity index is 1.47. The van der Waals surface area contributed by atoms with Crippen molar-refractivity contribution in [1.82, 2.24) is 15.2 Å². The van der Waals surface area contributed by atoms with E-state index >= 15 is 0 Å². The standard InChI is InChI=1S/C19H19N5O2S/c1-13-4-5-17(24(25)26)19(20-13)23-8-6-14(7-9-23)11-15-12-16(22-21-15)18-3-2-10-27-18/h2-5,10-12H,6-9H2,1H3,(H,21,22). The van der Waals surface area contributed by atoms with Crippen LogP contribution >= 0.6 is 11.3 Å². The molecule has 0 radical (unpaired) electrons. The van der Waals surface area contributed by atoms with Crippen molar-refractivity contribution in [3.63, 3.8) is 0 Å². The summed E-state index contributed by atoms with van der Waals surface area (Å²) in [5.74, 6) is 0.471. The third-order valence-electron chi connectivity index (χ3n) is 4.63. The number of H-pyrrole nitrogens is 1. The van der Waals surface area contributed by atoms with Crippen LogP contribution in [0.25, 0.3) is 16.6 Å². The third-order valence-corrected chi connectivity index (χ3v) is 5.54. The number of aromatic amines is 1. The van der Waals surface area contributed by atoms with Crippen molar-refractivity contribution >= 4 is 28.9 Å². The number of rotatable bonds is 4. The van der Waals surface area contributed by atoms with E-state index < -0.39 is 0 Å². The molecule has 3 aromatic heterocycles. The summed E-state index contributed by atoms with van der Waals surface area (Å²) in [5, 5.41) is 20.8. The molecule has 4 heterocycles. The van der Waals surface area contributed by atoms with E-state index in [0.717, 1.165) is 29.9 Å². The van der Waals surface area contributed by atoms with Gasteiger partial charge in [-0.1, -0.05) is 11.6 Å². The molecular weight excluding hydrogens is 362 g/mol. The third kappa shape index (κ3) is 3.75. The first-order valence-electron chi connectivity index (χ1n) is 8.76. The average Bonchev–Trinajstić information content (AvgIpc) is 3.33. The van der Waals surface area contributed by atoms with Crippen molar-refractivity contribution in [1.29, 1.82) is 0 Å². The van der Waals surface area contributed by atoms with E-state index in [1.165, 1.54) is 10.5 Å². The maximum atomic E-state index is 11.3. The summed E-state index contributed by atoms with van der Waals surface area (Å²) < 4.78 is 0. The molecule has 0 aromatic carbocycles. The summed E-state index contributed by atoms with van der Waals surface area (Å²) >= 11 is 1.68. The van der Waals surface area contributed by atoms with Crippen LogP contribution in [0.1, 0.15) is 24.2 Å². The van der Waals surface area contributed by atoms with Crippen LogP contribution in [-0.4, -0.2) is 33.2 Å². The van der Waals surface area contributed by atoms with Crippen LogP contribution in [0.3, 0.4) is 0 Å². The van der Waals surface area contributed by atoms with E-state index in [4.69, 9.17) is 0 Å². The van der Waals surface area contributed by atoms with Gasteiger partial charge in [-0.3, -0.25) is 15.2 Å². The molecule has 1 aliphatic rings. The Morgan fingerprint density at radius 1 is 1.30 bits per heavy atom. The first-order valence-corrected chi connectivity index (χ1v) is 9.64. The van der Waals surface area contributed by atoms with Gasteiger partial charge >= 0.3 is 5.69 Å². The zero-order valence-corrected chi connectivity index (χ0v) is 15.7. The van der Waals surface area contributed by atoms with Gasteiger partial charge in [0.15, 0.2) is 0 Å². The number of aryl methyl sites for hydroxylation is 1. The van der Waals surface area contributed by atoms with Crippen molar-refractivity contribution in [3.8, 4) is 10.6 Å². The van der Waals surface area contributed by atoms with Gasteiger partial charge in [0.05, 0.1) is 21.2 Å². The number of nitrogens with one attached hydrogen (secondary N) is 1. The van der Waals surface area contributed by atoms with Crippen molar-refractivity contribution in [2.75, 3.05) is 18.0 Å². The minimum Gasteiger partial charge on any atom is -0.350 e. The number of aromatic nitrogens is 3. The molecule has 0 atom stereocenters. The summed E-state index contributed by atoms with van der Waals surface area (Å²) in [4.78, 5) is 18.5. The number of piperidine rings is 1. The molecule has 1 saturated heterocycles. The molecule has 0 saturated carbocycles. The predicted molar refractivity (Wildman–Crippen MR) is 107 cm³/mol. The first-order chi connectivity index (χ1) is 13.1. The quantitative estimate of drug-likeness (QED) is 0.533. The molecule has 0 amide bonds. The van der Waals surface area contributed by atoms with Crippen LogP contribution in [0.15, 0.2) is 41.3 Å². The molecule has 138 valence electrons. The van der Waals surface area contributed by atoms with E-state index in [-0.39, 0.29) is 10.6 Å². The van der Waals surface area contributed by atoms with E-state index in [9.17, 15) is 10.1 Å².